The molecule has 1 amide bonds. The van der Waals surface area contributed by atoms with Gasteiger partial charge in [-0.05, 0) is 30.2 Å². The summed E-state index contributed by atoms with van der Waals surface area (Å²) in [6.45, 7) is 2.42. The topological polar surface area (TPSA) is 78.9 Å². The highest BCUT2D eigenvalue weighted by Gasteiger charge is 2.02. The summed E-state index contributed by atoms with van der Waals surface area (Å²) in [6.07, 6.45) is -0.127. The molecule has 3 N–H and O–H groups in total. The van der Waals surface area contributed by atoms with Crippen LogP contribution in [0.15, 0.2) is 18.2 Å². The molecule has 15 heavy (non-hydrogen) atoms. The highest BCUT2D eigenvalue weighted by atomic mass is 16.1. The van der Waals surface area contributed by atoms with E-state index in [-0.39, 0.29) is 12.3 Å². The maximum atomic E-state index is 11.1. The predicted molar refractivity (Wildman–Crippen MR) is 57.9 cm³/mol. The van der Waals surface area contributed by atoms with Crippen molar-refractivity contribution >= 4 is 11.6 Å². The second kappa shape index (κ2) is 5.13. The summed E-state index contributed by atoms with van der Waals surface area (Å²) in [5.74, 6) is -0.294. The number of nitrogens with one attached hydrogen (secondary N) is 1. The van der Waals surface area contributed by atoms with Gasteiger partial charge in [0.25, 0.3) is 0 Å². The molecule has 0 heterocycles. The molecule has 0 atom stereocenters. The van der Waals surface area contributed by atoms with E-state index in [4.69, 9.17) is 11.0 Å². The van der Waals surface area contributed by atoms with Gasteiger partial charge in [-0.1, -0.05) is 6.07 Å². The number of anilines is 1. The Kier molecular flexibility index (Phi) is 3.83. The lowest BCUT2D eigenvalue weighted by atomic mass is 10.1. The van der Waals surface area contributed by atoms with Gasteiger partial charge in [-0.2, -0.15) is 5.26 Å². The van der Waals surface area contributed by atoms with E-state index < -0.39 is 0 Å². The molecule has 1 aromatic carbocycles. The number of carbonyl (C=O) groups excluding carboxylic acids is 1. The standard InChI is InChI=1S/C11H13N3O/c1-8-6-10(3-2-9(8)7-13)14-11(15)4-5-12/h2-3,6H,4,7,13H2,1H3,(H,14,15). The molecule has 1 aromatic rings. The molecular formula is C11H13N3O. The maximum absolute atomic E-state index is 11.1. The first-order valence-electron chi connectivity index (χ1n) is 4.63. The molecule has 0 unspecified atom stereocenters. The summed E-state index contributed by atoms with van der Waals surface area (Å²) in [7, 11) is 0. The lowest BCUT2D eigenvalue weighted by Crippen LogP contribution is -2.10. The number of nitrogens with two attached hydrogens (primary N) is 1. The molecule has 4 heteroatoms. The molecule has 1 rings (SSSR count). The Bertz CT molecular complexity index is 407. The number of hydrogen-bond donors (Lipinski definition) is 2. The Morgan fingerprint density at radius 1 is 1.60 bits per heavy atom. The molecule has 0 saturated heterocycles. The lowest BCUT2D eigenvalue weighted by molar-refractivity contribution is -0.115. The smallest absolute Gasteiger partial charge is 0.238 e. The number of benzene rings is 1. The van der Waals surface area contributed by atoms with Crippen LogP contribution < -0.4 is 11.1 Å². The number of aryl methyl sites for hydroxylation is 1. The Morgan fingerprint density at radius 2 is 2.33 bits per heavy atom. The minimum atomic E-state index is -0.294. The molecule has 0 bridgehead atoms. The van der Waals surface area contributed by atoms with Crippen LogP contribution in [-0.4, -0.2) is 5.91 Å². The monoisotopic (exact) mass is 203 g/mol. The fourth-order valence-corrected chi connectivity index (χ4v) is 1.28. The van der Waals surface area contributed by atoms with Crippen molar-refractivity contribution in [1.82, 2.24) is 0 Å². The fraction of sp³-hybridized carbons (Fsp3) is 0.273. The first-order valence-corrected chi connectivity index (χ1v) is 4.63. The molecule has 0 aliphatic rings. The van der Waals surface area contributed by atoms with Crippen molar-refractivity contribution in [2.24, 2.45) is 5.73 Å². The number of nitrogens with zero attached hydrogens (tertiary/aromatic N) is 1. The molecule has 0 saturated carbocycles. The Balaban J connectivity index is 2.76. The third-order valence-electron chi connectivity index (χ3n) is 2.09. The van der Waals surface area contributed by atoms with E-state index >= 15 is 0 Å². The lowest BCUT2D eigenvalue weighted by Gasteiger charge is -2.07. The van der Waals surface area contributed by atoms with Gasteiger partial charge in [0.2, 0.25) is 5.91 Å². The number of nitriles is 1. The van der Waals surface area contributed by atoms with Crippen molar-refractivity contribution in [1.29, 1.82) is 5.26 Å². The molecule has 0 radical (unpaired) electrons. The van der Waals surface area contributed by atoms with Gasteiger partial charge in [-0.25, -0.2) is 0 Å². The van der Waals surface area contributed by atoms with Crippen LogP contribution in [0.25, 0.3) is 0 Å². The summed E-state index contributed by atoms with van der Waals surface area (Å²) in [5, 5.41) is 11.0. The van der Waals surface area contributed by atoms with E-state index in [1.54, 1.807) is 12.1 Å². The minimum Gasteiger partial charge on any atom is -0.326 e. The van der Waals surface area contributed by atoms with Gasteiger partial charge in [0, 0.05) is 12.2 Å². The van der Waals surface area contributed by atoms with Crippen LogP contribution >= 0.6 is 0 Å². The van der Waals surface area contributed by atoms with Gasteiger partial charge >= 0.3 is 0 Å². The SMILES string of the molecule is Cc1cc(NC(=O)CC#N)ccc1CN. The summed E-state index contributed by atoms with van der Waals surface area (Å²) in [6, 6.07) is 7.29. The molecule has 78 valence electrons. The van der Waals surface area contributed by atoms with E-state index in [0.717, 1.165) is 11.1 Å². The largest absolute Gasteiger partial charge is 0.326 e. The van der Waals surface area contributed by atoms with Crippen molar-refractivity contribution < 1.29 is 4.79 Å². The molecule has 0 aliphatic carbocycles. The molecule has 0 aromatic heterocycles. The summed E-state index contributed by atoms with van der Waals surface area (Å²) >= 11 is 0. The zero-order valence-corrected chi connectivity index (χ0v) is 8.58. The van der Waals surface area contributed by atoms with Crippen molar-refractivity contribution in [3.8, 4) is 6.07 Å². The zero-order chi connectivity index (χ0) is 11.3. The fourth-order valence-electron chi connectivity index (χ4n) is 1.28. The zero-order valence-electron chi connectivity index (χ0n) is 8.58. The van der Waals surface area contributed by atoms with Crippen LogP contribution in [-0.2, 0) is 11.3 Å². The Morgan fingerprint density at radius 3 is 2.87 bits per heavy atom. The molecule has 0 spiro atoms. The number of hydrogen-bond acceptors (Lipinski definition) is 3. The molecular weight excluding hydrogens is 190 g/mol. The van der Waals surface area contributed by atoms with Crippen LogP contribution in [0, 0.1) is 18.3 Å². The minimum absolute atomic E-state index is 0.127. The Labute approximate surface area is 88.7 Å². The van der Waals surface area contributed by atoms with Crippen LogP contribution in [0.2, 0.25) is 0 Å². The van der Waals surface area contributed by atoms with Gasteiger partial charge in [0.05, 0.1) is 6.07 Å². The Hall–Kier alpha value is -1.86. The average molecular weight is 203 g/mol. The summed E-state index contributed by atoms with van der Waals surface area (Å²) < 4.78 is 0. The second-order valence-electron chi connectivity index (χ2n) is 3.23. The summed E-state index contributed by atoms with van der Waals surface area (Å²) in [5.41, 5.74) is 8.30. The van der Waals surface area contributed by atoms with Gasteiger partial charge in [-0.3, -0.25) is 4.79 Å². The third-order valence-corrected chi connectivity index (χ3v) is 2.09. The third kappa shape index (κ3) is 3.08. The van der Waals surface area contributed by atoms with Crippen LogP contribution in [0.4, 0.5) is 5.69 Å². The van der Waals surface area contributed by atoms with E-state index in [1.165, 1.54) is 0 Å². The van der Waals surface area contributed by atoms with Crippen LogP contribution in [0.5, 0.6) is 0 Å². The van der Waals surface area contributed by atoms with E-state index in [9.17, 15) is 4.79 Å². The van der Waals surface area contributed by atoms with Crippen molar-refractivity contribution in [3.63, 3.8) is 0 Å². The summed E-state index contributed by atoms with van der Waals surface area (Å²) in [4.78, 5) is 11.1. The number of carbonyl (C=O) groups is 1. The van der Waals surface area contributed by atoms with Gasteiger partial charge < -0.3 is 11.1 Å². The van der Waals surface area contributed by atoms with Crippen molar-refractivity contribution in [3.05, 3.63) is 29.3 Å². The maximum Gasteiger partial charge on any atom is 0.238 e. The average Bonchev–Trinajstić information content (AvgIpc) is 2.18. The second-order valence-corrected chi connectivity index (χ2v) is 3.23. The van der Waals surface area contributed by atoms with Crippen LogP contribution in [0.3, 0.4) is 0 Å². The first kappa shape index (κ1) is 11.2. The molecule has 0 fully saturated rings. The molecule has 0 aliphatic heterocycles. The van der Waals surface area contributed by atoms with E-state index in [1.807, 2.05) is 19.1 Å². The van der Waals surface area contributed by atoms with Crippen molar-refractivity contribution in [2.45, 2.75) is 19.9 Å². The molecule has 4 nitrogen and oxygen atoms in total. The number of rotatable bonds is 3. The van der Waals surface area contributed by atoms with E-state index in [2.05, 4.69) is 5.32 Å². The van der Waals surface area contributed by atoms with Crippen LogP contribution in [0.1, 0.15) is 17.5 Å². The first-order chi connectivity index (χ1) is 7.17. The predicted octanol–water partition coefficient (Wildman–Crippen LogP) is 1.31. The number of amides is 1. The highest BCUT2D eigenvalue weighted by Crippen LogP contribution is 2.14. The van der Waals surface area contributed by atoms with Gasteiger partial charge in [0.15, 0.2) is 0 Å². The highest BCUT2D eigenvalue weighted by molar-refractivity contribution is 5.92. The quantitative estimate of drug-likeness (QED) is 0.777. The van der Waals surface area contributed by atoms with Gasteiger partial charge in [-0.15, -0.1) is 0 Å². The van der Waals surface area contributed by atoms with Crippen molar-refractivity contribution in [2.75, 3.05) is 5.32 Å². The van der Waals surface area contributed by atoms with E-state index in [0.29, 0.717) is 12.2 Å². The normalized spacial score (nSPS) is 9.40. The van der Waals surface area contributed by atoms with Gasteiger partial charge in [0.1, 0.15) is 6.42 Å².